The third-order valence-corrected chi connectivity index (χ3v) is 8.27. The average molecular weight is 485 g/mol. The molecule has 2 aromatic carbocycles. The summed E-state index contributed by atoms with van der Waals surface area (Å²) in [7, 11) is -3.94. The lowest BCUT2D eigenvalue weighted by molar-refractivity contribution is 0.0925. The van der Waals surface area contributed by atoms with Crippen molar-refractivity contribution in [3.8, 4) is 11.5 Å². The van der Waals surface area contributed by atoms with E-state index in [1.165, 1.54) is 16.4 Å². The lowest BCUT2D eigenvalue weighted by atomic mass is 10.0. The molecule has 0 amide bonds. The Morgan fingerprint density at radius 3 is 2.53 bits per heavy atom. The maximum absolute atomic E-state index is 13.7. The zero-order valence-corrected chi connectivity index (χ0v) is 20.1. The molecule has 3 aromatic rings. The van der Waals surface area contributed by atoms with Crippen LogP contribution in [-0.2, 0) is 21.3 Å². The van der Waals surface area contributed by atoms with E-state index in [9.17, 15) is 13.2 Å². The van der Waals surface area contributed by atoms with Gasteiger partial charge in [0.1, 0.15) is 13.2 Å². The zero-order valence-electron chi connectivity index (χ0n) is 19.3. The first-order valence-corrected chi connectivity index (χ1v) is 12.9. The van der Waals surface area contributed by atoms with E-state index in [1.54, 1.807) is 12.1 Å². The van der Waals surface area contributed by atoms with Crippen LogP contribution in [0.2, 0.25) is 0 Å². The second kappa shape index (κ2) is 9.05. The molecule has 8 nitrogen and oxygen atoms in total. The number of ether oxygens (including phenoxy) is 3. The number of benzene rings is 2. The van der Waals surface area contributed by atoms with Crippen LogP contribution in [0.1, 0.15) is 29.5 Å². The molecule has 0 saturated carbocycles. The molecule has 34 heavy (non-hydrogen) atoms. The van der Waals surface area contributed by atoms with Crippen molar-refractivity contribution in [2.24, 2.45) is 0 Å². The van der Waals surface area contributed by atoms with Gasteiger partial charge in [-0.05, 0) is 73.5 Å². The molecule has 5 rings (SSSR count). The van der Waals surface area contributed by atoms with Crippen LogP contribution in [0.15, 0.2) is 46.1 Å². The average Bonchev–Trinajstić information content (AvgIpc) is 3.33. The standard InChI is InChI=1S/C25H28N2O6S/c1-16-10-18-12-19(25(28)26-22(18)11-17(16)2)14-27(15-20-4-3-7-31-20)34(29,30)21-5-6-23-24(13-21)33-9-8-32-23/h5-6,10-13,20H,3-4,7-9,14-15H2,1-2H3,(H,26,28)/t20-/m1/s1. The van der Waals surface area contributed by atoms with Crippen molar-refractivity contribution in [2.75, 3.05) is 26.4 Å². The molecule has 0 spiro atoms. The number of nitrogens with zero attached hydrogens (tertiary/aromatic N) is 1. The normalized spacial score (nSPS) is 18.0. The Labute approximate surface area is 198 Å². The smallest absolute Gasteiger partial charge is 0.252 e. The van der Waals surface area contributed by atoms with Gasteiger partial charge in [0.2, 0.25) is 10.0 Å². The highest BCUT2D eigenvalue weighted by atomic mass is 32.2. The maximum atomic E-state index is 13.7. The van der Waals surface area contributed by atoms with Gasteiger partial charge in [-0.15, -0.1) is 0 Å². The SMILES string of the molecule is Cc1cc2cc(CN(C[C@H]3CCCO3)S(=O)(=O)c3ccc4c(c3)OCCO4)c(=O)[nH]c2cc1C. The Bertz CT molecular complexity index is 1390. The molecule has 9 heteroatoms. The van der Waals surface area contributed by atoms with Gasteiger partial charge in [0, 0.05) is 36.8 Å². The maximum Gasteiger partial charge on any atom is 0.252 e. The summed E-state index contributed by atoms with van der Waals surface area (Å²) in [5, 5.41) is 0.867. The minimum Gasteiger partial charge on any atom is -0.486 e. The summed E-state index contributed by atoms with van der Waals surface area (Å²) in [6.07, 6.45) is 1.45. The summed E-state index contributed by atoms with van der Waals surface area (Å²) < 4.78 is 45.7. The molecular formula is C25H28N2O6S. The summed E-state index contributed by atoms with van der Waals surface area (Å²) in [4.78, 5) is 15.9. The van der Waals surface area contributed by atoms with Gasteiger partial charge in [0.05, 0.1) is 11.0 Å². The van der Waals surface area contributed by atoms with Crippen molar-refractivity contribution in [3.05, 3.63) is 63.4 Å². The quantitative estimate of drug-likeness (QED) is 0.577. The number of H-pyrrole nitrogens is 1. The van der Waals surface area contributed by atoms with E-state index in [2.05, 4.69) is 4.98 Å². The van der Waals surface area contributed by atoms with Gasteiger partial charge in [-0.25, -0.2) is 8.42 Å². The predicted molar refractivity (Wildman–Crippen MR) is 128 cm³/mol. The number of nitrogens with one attached hydrogen (secondary N) is 1. The summed E-state index contributed by atoms with van der Waals surface area (Å²) >= 11 is 0. The lowest BCUT2D eigenvalue weighted by Gasteiger charge is -2.26. The predicted octanol–water partition coefficient (Wildman–Crippen LogP) is 3.29. The molecule has 0 bridgehead atoms. The number of hydrogen-bond acceptors (Lipinski definition) is 6. The minimum absolute atomic E-state index is 0.0607. The van der Waals surface area contributed by atoms with E-state index >= 15 is 0 Å². The molecule has 3 heterocycles. The van der Waals surface area contributed by atoms with Crippen LogP contribution in [-0.4, -0.2) is 50.2 Å². The van der Waals surface area contributed by atoms with Crippen LogP contribution in [0.5, 0.6) is 11.5 Å². The summed E-state index contributed by atoms with van der Waals surface area (Å²) in [6.45, 7) is 5.50. The molecule has 1 fully saturated rings. The largest absolute Gasteiger partial charge is 0.486 e. The van der Waals surface area contributed by atoms with Crippen LogP contribution in [0.4, 0.5) is 0 Å². The number of aryl methyl sites for hydroxylation is 2. The Morgan fingerprint density at radius 2 is 1.76 bits per heavy atom. The zero-order chi connectivity index (χ0) is 23.9. The molecular weight excluding hydrogens is 456 g/mol. The number of hydrogen-bond donors (Lipinski definition) is 1. The lowest BCUT2D eigenvalue weighted by Crippen LogP contribution is -2.38. The van der Waals surface area contributed by atoms with Crippen molar-refractivity contribution in [2.45, 2.75) is 44.2 Å². The summed E-state index contributed by atoms with van der Waals surface area (Å²) in [5.74, 6) is 0.923. The summed E-state index contributed by atoms with van der Waals surface area (Å²) in [6, 6.07) is 10.3. The highest BCUT2D eigenvalue weighted by molar-refractivity contribution is 7.89. The van der Waals surface area contributed by atoms with Gasteiger partial charge < -0.3 is 19.2 Å². The van der Waals surface area contributed by atoms with Crippen LogP contribution < -0.4 is 15.0 Å². The highest BCUT2D eigenvalue weighted by Crippen LogP contribution is 2.34. The van der Waals surface area contributed by atoms with E-state index in [1.807, 2.05) is 26.0 Å². The molecule has 2 aliphatic rings. The minimum atomic E-state index is -3.94. The van der Waals surface area contributed by atoms with E-state index in [4.69, 9.17) is 14.2 Å². The fourth-order valence-electron chi connectivity index (χ4n) is 4.43. The Morgan fingerprint density at radius 1 is 1.00 bits per heavy atom. The van der Waals surface area contributed by atoms with Crippen LogP contribution >= 0.6 is 0 Å². The third kappa shape index (κ3) is 4.43. The third-order valence-electron chi connectivity index (χ3n) is 6.46. The monoisotopic (exact) mass is 484 g/mol. The van der Waals surface area contributed by atoms with Crippen molar-refractivity contribution < 1.29 is 22.6 Å². The first kappa shape index (κ1) is 22.9. The second-order valence-corrected chi connectivity index (χ2v) is 10.8. The molecule has 180 valence electrons. The van der Waals surface area contributed by atoms with Gasteiger partial charge in [0.15, 0.2) is 11.5 Å². The van der Waals surface area contributed by atoms with E-state index in [-0.39, 0.29) is 29.6 Å². The topological polar surface area (TPSA) is 97.9 Å². The van der Waals surface area contributed by atoms with Crippen molar-refractivity contribution in [1.29, 1.82) is 0 Å². The Kier molecular flexibility index (Phi) is 6.09. The van der Waals surface area contributed by atoms with Gasteiger partial charge in [-0.2, -0.15) is 4.31 Å². The van der Waals surface area contributed by atoms with E-state index in [0.717, 1.165) is 34.9 Å². The molecule has 1 saturated heterocycles. The highest BCUT2D eigenvalue weighted by Gasteiger charge is 2.31. The Balaban J connectivity index is 1.53. The molecule has 1 aromatic heterocycles. The summed E-state index contributed by atoms with van der Waals surface area (Å²) in [5.41, 5.74) is 3.00. The van der Waals surface area contributed by atoms with Gasteiger partial charge in [0.25, 0.3) is 5.56 Å². The molecule has 1 N–H and O–H groups in total. The first-order valence-electron chi connectivity index (χ1n) is 11.5. The number of aromatic amines is 1. The number of aromatic nitrogens is 1. The number of sulfonamides is 1. The van der Waals surface area contributed by atoms with Gasteiger partial charge in [-0.1, -0.05) is 0 Å². The van der Waals surface area contributed by atoms with E-state index < -0.39 is 10.0 Å². The van der Waals surface area contributed by atoms with Crippen molar-refractivity contribution in [1.82, 2.24) is 9.29 Å². The number of rotatable bonds is 6. The molecule has 1 atom stereocenters. The van der Waals surface area contributed by atoms with Crippen LogP contribution in [0.25, 0.3) is 10.9 Å². The van der Waals surface area contributed by atoms with Gasteiger partial charge >= 0.3 is 0 Å². The molecule has 0 radical (unpaired) electrons. The first-order chi connectivity index (χ1) is 16.3. The van der Waals surface area contributed by atoms with Crippen molar-refractivity contribution >= 4 is 20.9 Å². The number of fused-ring (bicyclic) bond motifs is 2. The van der Waals surface area contributed by atoms with Gasteiger partial charge in [-0.3, -0.25) is 4.79 Å². The Hall–Kier alpha value is -2.88. The van der Waals surface area contributed by atoms with Crippen LogP contribution in [0, 0.1) is 13.8 Å². The number of pyridine rings is 1. The van der Waals surface area contributed by atoms with Crippen LogP contribution in [0.3, 0.4) is 0 Å². The molecule has 0 aliphatic carbocycles. The molecule has 2 aliphatic heterocycles. The molecule has 0 unspecified atom stereocenters. The fourth-order valence-corrected chi connectivity index (χ4v) is 5.89. The van der Waals surface area contributed by atoms with E-state index in [0.29, 0.717) is 36.9 Å². The van der Waals surface area contributed by atoms with Crippen molar-refractivity contribution in [3.63, 3.8) is 0 Å². The fraction of sp³-hybridized carbons (Fsp3) is 0.400. The second-order valence-electron chi connectivity index (χ2n) is 8.89.